The maximum Gasteiger partial charge on any atom is 0.327 e. The molecule has 1 aliphatic rings. The monoisotopic (exact) mass is 2480 g/mol. The fourth-order valence-corrected chi connectivity index (χ4v) is 16.7. The second kappa shape index (κ2) is 42.9. The third kappa shape index (κ3) is 30.9. The number of carbonyl (C=O) groups is 8. The number of hydrogen-bond donors (Lipinski definition) is 0. The van der Waals surface area contributed by atoms with Gasteiger partial charge in [0.05, 0.1) is 0 Å². The first kappa shape index (κ1) is 121. The minimum atomic E-state index is -1.28. The highest BCUT2D eigenvalue weighted by Crippen LogP contribution is 2.51. The molecule has 9 rings (SSSR count). The number of alkyl halides is 8. The molecule has 0 radical (unpaired) electrons. The Morgan fingerprint density at radius 3 is 0.257 bits per heavy atom. The summed E-state index contributed by atoms with van der Waals surface area (Å²) in [6.07, 6.45) is -0.309. The highest BCUT2D eigenvalue weighted by atomic mass is 79.9. The molecular weight excluding hydrogens is 2340 g/mol. The molecular formula is C120H152Br8O16. The van der Waals surface area contributed by atoms with Crippen LogP contribution in [0.25, 0.3) is 0 Å². The first-order valence-electron chi connectivity index (χ1n) is 49.3. The van der Waals surface area contributed by atoms with Gasteiger partial charge in [0.15, 0.2) is 0 Å². The maximum absolute atomic E-state index is 15.5. The van der Waals surface area contributed by atoms with E-state index in [9.17, 15) is 0 Å². The van der Waals surface area contributed by atoms with Crippen LogP contribution in [-0.4, -0.2) is 82.3 Å². The van der Waals surface area contributed by atoms with Crippen LogP contribution in [0.15, 0.2) is 97.1 Å². The van der Waals surface area contributed by atoms with Crippen LogP contribution in [0.2, 0.25) is 0 Å². The quantitative estimate of drug-likeness (QED) is 0.0500. The standard InChI is InChI=1S/C120H152Br8O16/c1-105(2,3)81-49-65-41-67-51-82(106(4,5)6)53-69(90(67)138-98(130)114(27,28)122)43-71-55-84(108(10,11)12)57-73(92(71)140-100(132)116(31,32)124)45-75-59-86(110(16,17)18)61-77(94(75)142-102(134)118(35,36)126)47-79-63-88(112(22,23)24)64-80(96(79)144-104(136)120(39,40)128)48-78-62-87(111(19,20)21)60-76(95(78)143-103(135)119(37,38)127)46-74-58-85(109(13,14)15)56-72(93(74)141-101(133)117(33,34)125)44-70-54-83(107(7,8)9)52-68(91(70)139-99(131)115(29,30)123)42-66(50-81)89(65)137-97(129)113(25,26)121/h49-64H,41-48H2,1-40H3. The van der Waals surface area contributed by atoms with E-state index in [1.54, 1.807) is 111 Å². The third-order valence-electron chi connectivity index (χ3n) is 25.4. The van der Waals surface area contributed by atoms with Crippen LogP contribution < -0.4 is 37.9 Å². The lowest BCUT2D eigenvalue weighted by atomic mass is 9.79. The average Bonchev–Trinajstić information content (AvgIpc) is 0.758. The van der Waals surface area contributed by atoms with Gasteiger partial charge >= 0.3 is 47.8 Å². The van der Waals surface area contributed by atoms with Gasteiger partial charge < -0.3 is 37.9 Å². The van der Waals surface area contributed by atoms with Gasteiger partial charge in [0.25, 0.3) is 0 Å². The van der Waals surface area contributed by atoms with Crippen molar-refractivity contribution >= 4 is 175 Å². The minimum Gasteiger partial charge on any atom is -0.425 e. The number of carbonyl (C=O) groups excluding carboxylic acids is 8. The smallest absolute Gasteiger partial charge is 0.327 e. The minimum absolute atomic E-state index is 0.0386. The molecule has 16 bridgehead atoms. The fourth-order valence-electron chi connectivity index (χ4n) is 16.0. The average molecular weight is 2490 g/mol. The van der Waals surface area contributed by atoms with Gasteiger partial charge in [-0.05, 0) is 199 Å². The second-order valence-electron chi connectivity index (χ2n) is 51.3. The SMILES string of the molecule is CC(C)(Br)C(=O)Oc1c2cc(C(C)(C)C)cc1Cc1cc(C(C)(C)C)cc(c1OC(=O)C(C)(C)Br)Cc1cc(C(C)(C)C)cc(c1OC(=O)C(C)(C)Br)Cc1cc(C(C)(C)C)cc(c1OC(=O)C(C)(C)Br)Cc1cc(C(C)(C)C)cc(c1OC(=O)C(C)(C)Br)Cc1cc(C(C)(C)C)cc(c1OC(=O)C(C)(C)Br)Cc1cc(C(C)(C)C)cc(c1OC(=O)C(C)(C)Br)Cc1cc(C(C)(C)C)cc(c1OC(=O)C(C)(C)Br)C2. The van der Waals surface area contributed by atoms with E-state index in [2.05, 4.69) is 294 Å². The molecule has 16 nitrogen and oxygen atoms in total. The van der Waals surface area contributed by atoms with Crippen LogP contribution in [0, 0.1) is 0 Å². The van der Waals surface area contributed by atoms with Gasteiger partial charge in [-0.15, -0.1) is 0 Å². The van der Waals surface area contributed by atoms with E-state index in [-0.39, 0.29) is 97.4 Å². The van der Waals surface area contributed by atoms with Crippen LogP contribution in [0.4, 0.5) is 0 Å². The summed E-state index contributed by atoms with van der Waals surface area (Å²) in [5.41, 5.74) is 10.1. The summed E-state index contributed by atoms with van der Waals surface area (Å²) < 4.78 is 46.3. The van der Waals surface area contributed by atoms with Gasteiger partial charge in [0, 0.05) is 140 Å². The molecule has 0 atom stereocenters. The van der Waals surface area contributed by atoms with Crippen molar-refractivity contribution in [3.05, 3.63) is 231 Å². The summed E-state index contributed by atoms with van der Waals surface area (Å²) >= 11 is 29.7. The molecule has 0 saturated carbocycles. The molecule has 8 aromatic carbocycles. The first-order valence-corrected chi connectivity index (χ1v) is 55.6. The summed E-state index contributed by atoms with van der Waals surface area (Å²) in [4.78, 5) is 124. The number of halogens is 8. The van der Waals surface area contributed by atoms with Crippen molar-refractivity contribution in [3.8, 4) is 46.0 Å². The lowest BCUT2D eigenvalue weighted by Crippen LogP contribution is -2.31. The lowest BCUT2D eigenvalue weighted by molar-refractivity contribution is -0.137. The van der Waals surface area contributed by atoms with E-state index < -0.39 is 126 Å². The number of hydrogen-bond acceptors (Lipinski definition) is 16. The zero-order chi connectivity index (χ0) is 110. The van der Waals surface area contributed by atoms with E-state index in [1.165, 1.54) is 0 Å². The van der Waals surface area contributed by atoms with Gasteiger partial charge in [-0.3, -0.25) is 38.4 Å². The number of esters is 8. The largest absolute Gasteiger partial charge is 0.425 e. The Morgan fingerprint density at radius 1 is 0.146 bits per heavy atom. The highest BCUT2D eigenvalue weighted by molar-refractivity contribution is 9.11. The molecule has 784 valence electrons. The molecule has 0 heterocycles. The summed E-state index contributed by atoms with van der Waals surface area (Å²) in [7, 11) is 0. The Kier molecular flexibility index (Phi) is 36.0. The van der Waals surface area contributed by atoms with E-state index in [1.807, 2.05) is 97.1 Å². The third-order valence-corrected chi connectivity index (χ3v) is 27.9. The zero-order valence-corrected chi connectivity index (χ0v) is 105. The van der Waals surface area contributed by atoms with E-state index in [4.69, 9.17) is 37.9 Å². The molecule has 0 unspecified atom stereocenters. The summed E-state index contributed by atoms with van der Waals surface area (Å²) in [6, 6.07) is 32.7. The van der Waals surface area contributed by atoms with Crippen molar-refractivity contribution < 1.29 is 76.3 Å². The Bertz CT molecular complexity index is 5000. The van der Waals surface area contributed by atoms with Crippen molar-refractivity contribution in [1.29, 1.82) is 0 Å². The Balaban J connectivity index is 1.66. The molecule has 8 aromatic rings. The lowest BCUT2D eigenvalue weighted by Gasteiger charge is -2.30. The zero-order valence-electron chi connectivity index (χ0n) is 92.5. The Labute approximate surface area is 925 Å². The second-order valence-corrected chi connectivity index (χ2v) is 67.2. The molecule has 0 fully saturated rings. The molecule has 24 heteroatoms. The van der Waals surface area contributed by atoms with Gasteiger partial charge in [0.1, 0.15) is 80.6 Å². The Morgan fingerprint density at radius 2 is 0.208 bits per heavy atom. The highest BCUT2D eigenvalue weighted by Gasteiger charge is 2.43. The predicted octanol–water partition coefficient (Wildman–Crippen LogP) is 31.7. The molecule has 0 aromatic heterocycles. The first-order chi connectivity index (χ1) is 64.7. The Hall–Kier alpha value is -6.64. The van der Waals surface area contributed by atoms with Crippen molar-refractivity contribution in [2.24, 2.45) is 0 Å². The van der Waals surface area contributed by atoms with Crippen LogP contribution >= 0.6 is 127 Å². The summed E-state index contributed by atoms with van der Waals surface area (Å²) in [5.74, 6) is -3.57. The predicted molar refractivity (Wildman–Crippen MR) is 613 cm³/mol. The molecule has 144 heavy (non-hydrogen) atoms. The topological polar surface area (TPSA) is 210 Å². The molecule has 0 amide bonds. The fraction of sp³-hybridized carbons (Fsp3) is 0.533. The van der Waals surface area contributed by atoms with Gasteiger partial charge in [-0.2, -0.15) is 0 Å². The number of benzene rings is 8. The number of fused-ring (bicyclic) bond motifs is 16. The van der Waals surface area contributed by atoms with E-state index in [0.717, 1.165) is 44.5 Å². The van der Waals surface area contributed by atoms with Crippen LogP contribution in [0.1, 0.15) is 410 Å². The van der Waals surface area contributed by atoms with Crippen molar-refractivity contribution in [1.82, 2.24) is 0 Å². The maximum atomic E-state index is 15.5. The van der Waals surface area contributed by atoms with Crippen LogP contribution in [-0.2, 0) is 133 Å². The van der Waals surface area contributed by atoms with Gasteiger partial charge in [-0.25, -0.2) is 0 Å². The summed E-state index contributed by atoms with van der Waals surface area (Å²) in [5, 5.41) is 0. The number of ether oxygens (including phenoxy) is 8. The van der Waals surface area contributed by atoms with E-state index >= 15 is 38.4 Å². The van der Waals surface area contributed by atoms with Crippen molar-refractivity contribution in [3.63, 3.8) is 0 Å². The van der Waals surface area contributed by atoms with Gasteiger partial charge in [-0.1, -0.05) is 391 Å². The normalized spacial score (nSPS) is 14.1. The molecule has 0 N–H and O–H groups in total. The van der Waals surface area contributed by atoms with Crippen molar-refractivity contribution in [2.45, 2.75) is 406 Å². The molecule has 0 saturated heterocycles. The van der Waals surface area contributed by atoms with Crippen LogP contribution in [0.3, 0.4) is 0 Å². The van der Waals surface area contributed by atoms with Crippen LogP contribution in [0.5, 0.6) is 46.0 Å². The van der Waals surface area contributed by atoms with Crippen molar-refractivity contribution in [2.75, 3.05) is 0 Å². The molecule has 0 spiro atoms. The molecule has 0 aliphatic heterocycles. The number of rotatable bonds is 16. The molecule has 1 aliphatic carbocycles. The van der Waals surface area contributed by atoms with E-state index in [0.29, 0.717) is 89.0 Å². The summed E-state index contributed by atoms with van der Waals surface area (Å²) in [6.45, 7) is 78.0. The van der Waals surface area contributed by atoms with Gasteiger partial charge in [0.2, 0.25) is 0 Å².